The molecule has 0 aliphatic carbocycles. The number of alkyl halides is 3. The molecule has 2 rings (SSSR count). The van der Waals surface area contributed by atoms with Crippen LogP contribution in [0, 0.1) is 6.92 Å². The minimum Gasteiger partial charge on any atom is -0.494 e. The molecule has 0 bridgehead atoms. The van der Waals surface area contributed by atoms with E-state index in [-0.39, 0.29) is 23.7 Å². The number of benzene rings is 1. The van der Waals surface area contributed by atoms with Crippen molar-refractivity contribution in [3.63, 3.8) is 0 Å². The standard InChI is InChI=1S/C12H13F3N4O/c1-7-3-4-10(20-2)9(5-7)19-11(12(13,14)15)8(6-16)17-18-19/h3-5H,6,16H2,1-2H3. The normalized spacial score (nSPS) is 11.7. The lowest BCUT2D eigenvalue weighted by atomic mass is 10.2. The van der Waals surface area contributed by atoms with Crippen LogP contribution < -0.4 is 10.5 Å². The Kier molecular flexibility index (Phi) is 3.67. The van der Waals surface area contributed by atoms with Crippen LogP contribution in [0.3, 0.4) is 0 Å². The van der Waals surface area contributed by atoms with Crippen LogP contribution in [-0.2, 0) is 12.7 Å². The predicted octanol–water partition coefficient (Wildman–Crippen LogP) is 2.06. The summed E-state index contributed by atoms with van der Waals surface area (Å²) in [5.74, 6) is 0.273. The molecule has 2 aromatic rings. The summed E-state index contributed by atoms with van der Waals surface area (Å²) in [6.07, 6.45) is -4.60. The Morgan fingerprint density at radius 3 is 2.60 bits per heavy atom. The molecular formula is C12H13F3N4O. The number of nitrogens with zero attached hydrogens (tertiary/aromatic N) is 3. The van der Waals surface area contributed by atoms with Gasteiger partial charge in [-0.25, -0.2) is 4.68 Å². The van der Waals surface area contributed by atoms with E-state index in [1.165, 1.54) is 7.11 Å². The van der Waals surface area contributed by atoms with Gasteiger partial charge in [0.15, 0.2) is 5.69 Å². The summed E-state index contributed by atoms with van der Waals surface area (Å²) in [4.78, 5) is 0. The van der Waals surface area contributed by atoms with Gasteiger partial charge in [0.2, 0.25) is 0 Å². The quantitative estimate of drug-likeness (QED) is 0.938. The zero-order valence-corrected chi connectivity index (χ0v) is 10.9. The summed E-state index contributed by atoms with van der Waals surface area (Å²) in [5, 5.41) is 7.06. The van der Waals surface area contributed by atoms with Crippen molar-refractivity contribution in [2.24, 2.45) is 5.73 Å². The number of halogens is 3. The van der Waals surface area contributed by atoms with Gasteiger partial charge in [0.25, 0.3) is 0 Å². The van der Waals surface area contributed by atoms with E-state index in [0.29, 0.717) is 4.68 Å². The summed E-state index contributed by atoms with van der Waals surface area (Å²) in [6.45, 7) is 1.42. The lowest BCUT2D eigenvalue weighted by Gasteiger charge is -2.14. The van der Waals surface area contributed by atoms with E-state index in [1.54, 1.807) is 25.1 Å². The van der Waals surface area contributed by atoms with Gasteiger partial charge in [0, 0.05) is 6.54 Å². The molecule has 0 aliphatic heterocycles. The smallest absolute Gasteiger partial charge is 0.435 e. The fraction of sp³-hybridized carbons (Fsp3) is 0.333. The van der Waals surface area contributed by atoms with E-state index in [1.807, 2.05) is 0 Å². The van der Waals surface area contributed by atoms with E-state index in [9.17, 15) is 13.2 Å². The topological polar surface area (TPSA) is 66.0 Å². The molecule has 0 saturated carbocycles. The van der Waals surface area contributed by atoms with Crippen molar-refractivity contribution in [2.45, 2.75) is 19.6 Å². The van der Waals surface area contributed by atoms with Crippen LogP contribution in [0.1, 0.15) is 17.0 Å². The van der Waals surface area contributed by atoms with Crippen molar-refractivity contribution < 1.29 is 17.9 Å². The van der Waals surface area contributed by atoms with Crippen molar-refractivity contribution in [3.8, 4) is 11.4 Å². The Labute approximate surface area is 113 Å². The van der Waals surface area contributed by atoms with E-state index >= 15 is 0 Å². The lowest BCUT2D eigenvalue weighted by Crippen LogP contribution is -2.17. The lowest BCUT2D eigenvalue weighted by molar-refractivity contribution is -0.143. The predicted molar refractivity (Wildman–Crippen MR) is 65.5 cm³/mol. The first kappa shape index (κ1) is 14.3. The van der Waals surface area contributed by atoms with Gasteiger partial charge in [-0.1, -0.05) is 11.3 Å². The summed E-state index contributed by atoms with van der Waals surface area (Å²) in [6, 6.07) is 4.86. The van der Waals surface area contributed by atoms with Gasteiger partial charge in [0.05, 0.1) is 7.11 Å². The van der Waals surface area contributed by atoms with E-state index in [0.717, 1.165) is 5.56 Å². The third-order valence-corrected chi connectivity index (χ3v) is 2.76. The fourth-order valence-electron chi connectivity index (χ4n) is 1.87. The second kappa shape index (κ2) is 5.12. The Balaban J connectivity index is 2.70. The Morgan fingerprint density at radius 2 is 2.05 bits per heavy atom. The molecule has 8 heteroatoms. The van der Waals surface area contributed by atoms with Crippen LogP contribution in [-0.4, -0.2) is 22.1 Å². The van der Waals surface area contributed by atoms with Crippen LogP contribution in [0.5, 0.6) is 5.75 Å². The number of nitrogens with two attached hydrogens (primary N) is 1. The first-order valence-corrected chi connectivity index (χ1v) is 5.75. The SMILES string of the molecule is COc1ccc(C)cc1-n1nnc(CN)c1C(F)(F)F. The first-order chi connectivity index (χ1) is 9.38. The third kappa shape index (κ3) is 2.46. The molecule has 0 amide bonds. The van der Waals surface area contributed by atoms with Gasteiger partial charge in [0.1, 0.15) is 17.1 Å². The molecule has 1 aromatic carbocycles. The number of aromatic nitrogens is 3. The second-order valence-corrected chi connectivity index (χ2v) is 4.17. The molecule has 1 aromatic heterocycles. The van der Waals surface area contributed by atoms with Crippen LogP contribution in [0.2, 0.25) is 0 Å². The molecule has 0 aliphatic rings. The molecule has 2 N–H and O–H groups in total. The summed E-state index contributed by atoms with van der Waals surface area (Å²) >= 11 is 0. The summed E-state index contributed by atoms with van der Waals surface area (Å²) in [7, 11) is 1.38. The zero-order chi connectivity index (χ0) is 14.9. The van der Waals surface area contributed by atoms with Crippen molar-refractivity contribution in [1.29, 1.82) is 0 Å². The molecule has 0 spiro atoms. The summed E-state index contributed by atoms with van der Waals surface area (Å²) < 4.78 is 45.3. The first-order valence-electron chi connectivity index (χ1n) is 5.75. The largest absolute Gasteiger partial charge is 0.494 e. The molecule has 108 valence electrons. The van der Waals surface area contributed by atoms with Crippen molar-refractivity contribution in [3.05, 3.63) is 35.2 Å². The maximum absolute atomic E-state index is 13.2. The van der Waals surface area contributed by atoms with Gasteiger partial charge >= 0.3 is 6.18 Å². The van der Waals surface area contributed by atoms with Gasteiger partial charge in [-0.2, -0.15) is 13.2 Å². The average molecular weight is 286 g/mol. The molecule has 0 fully saturated rings. The highest BCUT2D eigenvalue weighted by Gasteiger charge is 2.39. The van der Waals surface area contributed by atoms with Gasteiger partial charge in [-0.05, 0) is 24.6 Å². The molecule has 5 nitrogen and oxygen atoms in total. The highest BCUT2D eigenvalue weighted by Crippen LogP contribution is 2.34. The minimum absolute atomic E-state index is 0.173. The van der Waals surface area contributed by atoms with Crippen molar-refractivity contribution in [2.75, 3.05) is 7.11 Å². The molecule has 20 heavy (non-hydrogen) atoms. The van der Waals surface area contributed by atoms with Crippen LogP contribution in [0.15, 0.2) is 18.2 Å². The van der Waals surface area contributed by atoms with Crippen LogP contribution >= 0.6 is 0 Å². The maximum Gasteiger partial charge on any atom is 0.435 e. The number of methoxy groups -OCH3 is 1. The van der Waals surface area contributed by atoms with Crippen LogP contribution in [0.25, 0.3) is 5.69 Å². The zero-order valence-electron chi connectivity index (χ0n) is 10.9. The Bertz CT molecular complexity index is 622. The Morgan fingerprint density at radius 1 is 1.35 bits per heavy atom. The second-order valence-electron chi connectivity index (χ2n) is 4.17. The molecule has 0 saturated heterocycles. The molecule has 1 heterocycles. The van der Waals surface area contributed by atoms with Crippen molar-refractivity contribution >= 4 is 0 Å². The molecule has 0 unspecified atom stereocenters. The fourth-order valence-corrected chi connectivity index (χ4v) is 1.87. The number of rotatable bonds is 3. The van der Waals surface area contributed by atoms with E-state index < -0.39 is 11.9 Å². The average Bonchev–Trinajstić information content (AvgIpc) is 2.82. The van der Waals surface area contributed by atoms with Gasteiger partial charge in [-0.3, -0.25) is 0 Å². The van der Waals surface area contributed by atoms with E-state index in [2.05, 4.69) is 10.3 Å². The molecule has 0 atom stereocenters. The minimum atomic E-state index is -4.60. The summed E-state index contributed by atoms with van der Waals surface area (Å²) in [5.41, 5.74) is 4.95. The van der Waals surface area contributed by atoms with Gasteiger partial charge in [-0.15, -0.1) is 5.10 Å². The number of ether oxygens (including phenoxy) is 1. The number of aryl methyl sites for hydroxylation is 1. The number of hydrogen-bond acceptors (Lipinski definition) is 4. The highest BCUT2D eigenvalue weighted by molar-refractivity contribution is 5.49. The van der Waals surface area contributed by atoms with Crippen molar-refractivity contribution in [1.82, 2.24) is 15.0 Å². The monoisotopic (exact) mass is 286 g/mol. The highest BCUT2D eigenvalue weighted by atomic mass is 19.4. The van der Waals surface area contributed by atoms with Gasteiger partial charge < -0.3 is 10.5 Å². The van der Waals surface area contributed by atoms with Crippen LogP contribution in [0.4, 0.5) is 13.2 Å². The van der Waals surface area contributed by atoms with E-state index in [4.69, 9.17) is 10.5 Å². The third-order valence-electron chi connectivity index (χ3n) is 2.76. The molecule has 0 radical (unpaired) electrons. The molecular weight excluding hydrogens is 273 g/mol. The maximum atomic E-state index is 13.2. The number of hydrogen-bond donors (Lipinski definition) is 1. The Hall–Kier alpha value is -2.09.